The van der Waals surface area contributed by atoms with Crippen molar-refractivity contribution in [2.75, 3.05) is 13.2 Å². The van der Waals surface area contributed by atoms with Crippen LogP contribution in [-0.2, 0) is 0 Å². The molecule has 10 nitrogen and oxygen atoms in total. The summed E-state index contributed by atoms with van der Waals surface area (Å²) < 4.78 is 10.9. The van der Waals surface area contributed by atoms with Crippen molar-refractivity contribution in [1.29, 1.82) is 0 Å². The van der Waals surface area contributed by atoms with Gasteiger partial charge in [-0.25, -0.2) is 0 Å². The van der Waals surface area contributed by atoms with Gasteiger partial charge in [0.1, 0.15) is 11.5 Å². The first-order valence-electron chi connectivity index (χ1n) is 8.69. The standard InChI is InChI=1S/C15H20B4O10/c20-16(21)10-4-1-6-12(14(10)18(24)25)28-8-3-9-29-13-7-2-5-11(17(22)23)15(13)19(26)27/h1-2,4-7,20-27H,3,8-9H2. The quantitative estimate of drug-likeness (QED) is 0.141. The summed E-state index contributed by atoms with van der Waals surface area (Å²) in [4.78, 5) is 0. The Bertz CT molecular complexity index is 737. The van der Waals surface area contributed by atoms with E-state index in [0.717, 1.165) is 0 Å². The fraction of sp³-hybridized carbons (Fsp3) is 0.200. The van der Waals surface area contributed by atoms with Crippen LogP contribution in [0.25, 0.3) is 0 Å². The topological polar surface area (TPSA) is 180 Å². The first-order chi connectivity index (χ1) is 13.7. The average Bonchev–Trinajstić information content (AvgIpc) is 2.66. The molecule has 0 atom stereocenters. The van der Waals surface area contributed by atoms with E-state index in [1.165, 1.54) is 36.4 Å². The fourth-order valence-corrected chi connectivity index (χ4v) is 2.80. The van der Waals surface area contributed by atoms with Crippen LogP contribution in [-0.4, -0.2) is 81.9 Å². The van der Waals surface area contributed by atoms with Gasteiger partial charge >= 0.3 is 28.5 Å². The Morgan fingerprint density at radius 2 is 0.931 bits per heavy atom. The average molecular weight is 404 g/mol. The normalized spacial score (nSPS) is 10.5. The van der Waals surface area contributed by atoms with Crippen molar-refractivity contribution >= 4 is 50.3 Å². The van der Waals surface area contributed by atoms with Gasteiger partial charge < -0.3 is 49.7 Å². The van der Waals surface area contributed by atoms with E-state index in [1.807, 2.05) is 0 Å². The summed E-state index contributed by atoms with van der Waals surface area (Å²) in [6.45, 7) is 0.119. The van der Waals surface area contributed by atoms with Crippen molar-refractivity contribution in [3.63, 3.8) is 0 Å². The monoisotopic (exact) mass is 404 g/mol. The molecular weight excluding hydrogens is 383 g/mol. The third kappa shape index (κ3) is 5.98. The molecule has 0 fully saturated rings. The molecule has 0 bridgehead atoms. The third-order valence-electron chi connectivity index (χ3n) is 4.08. The Hall–Kier alpha value is -2.02. The van der Waals surface area contributed by atoms with E-state index in [1.54, 1.807) is 0 Å². The molecule has 0 aliphatic heterocycles. The minimum Gasteiger partial charge on any atom is -0.494 e. The van der Waals surface area contributed by atoms with Gasteiger partial charge in [-0.1, -0.05) is 24.3 Å². The van der Waals surface area contributed by atoms with Gasteiger partial charge in [0.15, 0.2) is 0 Å². The molecular formula is C15H20B4O10. The first-order valence-corrected chi connectivity index (χ1v) is 8.69. The number of hydrogen-bond donors (Lipinski definition) is 8. The lowest BCUT2D eigenvalue weighted by atomic mass is 9.65. The second-order valence-corrected chi connectivity index (χ2v) is 6.06. The largest absolute Gasteiger partial charge is 0.494 e. The van der Waals surface area contributed by atoms with Gasteiger partial charge in [-0.05, 0) is 23.1 Å². The van der Waals surface area contributed by atoms with Crippen LogP contribution in [0.1, 0.15) is 6.42 Å². The predicted molar refractivity (Wildman–Crippen MR) is 108 cm³/mol. The van der Waals surface area contributed by atoms with E-state index in [-0.39, 0.29) is 46.6 Å². The molecule has 0 unspecified atom stereocenters. The summed E-state index contributed by atoms with van der Waals surface area (Å²) in [5.74, 6) is 0.116. The van der Waals surface area contributed by atoms with E-state index >= 15 is 0 Å². The van der Waals surface area contributed by atoms with Crippen LogP contribution in [0.4, 0.5) is 0 Å². The van der Waals surface area contributed by atoms with Crippen LogP contribution >= 0.6 is 0 Å². The highest BCUT2D eigenvalue weighted by Gasteiger charge is 2.28. The highest BCUT2D eigenvalue weighted by molar-refractivity contribution is 6.73. The zero-order valence-corrected chi connectivity index (χ0v) is 15.3. The number of ether oxygens (including phenoxy) is 2. The summed E-state index contributed by atoms with van der Waals surface area (Å²) in [6, 6.07) is 8.45. The molecule has 2 aromatic carbocycles. The number of rotatable bonds is 10. The second-order valence-electron chi connectivity index (χ2n) is 6.06. The molecule has 0 spiro atoms. The SMILES string of the molecule is OB(O)c1cccc(OCCCOc2cccc(B(O)O)c2B(O)O)c1B(O)O. The van der Waals surface area contributed by atoms with Gasteiger partial charge in [-0.3, -0.25) is 0 Å². The van der Waals surface area contributed by atoms with Gasteiger partial charge in [-0.15, -0.1) is 0 Å². The molecule has 0 radical (unpaired) electrons. The molecule has 0 amide bonds. The molecule has 8 N–H and O–H groups in total. The maximum atomic E-state index is 9.48. The molecule has 29 heavy (non-hydrogen) atoms. The van der Waals surface area contributed by atoms with E-state index < -0.39 is 28.5 Å². The van der Waals surface area contributed by atoms with E-state index in [4.69, 9.17) is 9.47 Å². The minimum atomic E-state index is -1.97. The van der Waals surface area contributed by atoms with Crippen molar-refractivity contribution < 1.29 is 49.7 Å². The van der Waals surface area contributed by atoms with Crippen LogP contribution in [0.3, 0.4) is 0 Å². The Morgan fingerprint density at radius 1 is 0.552 bits per heavy atom. The molecule has 152 valence electrons. The smallest absolute Gasteiger partial charge is 0.491 e. The summed E-state index contributed by atoms with van der Waals surface area (Å²) in [7, 11) is -7.76. The fourth-order valence-electron chi connectivity index (χ4n) is 2.80. The third-order valence-corrected chi connectivity index (χ3v) is 4.08. The molecule has 0 saturated heterocycles. The van der Waals surface area contributed by atoms with Gasteiger partial charge in [0.25, 0.3) is 0 Å². The Labute approximate surface area is 168 Å². The number of hydrogen-bond acceptors (Lipinski definition) is 10. The van der Waals surface area contributed by atoms with E-state index in [9.17, 15) is 40.2 Å². The Morgan fingerprint density at radius 3 is 1.24 bits per heavy atom. The molecule has 2 rings (SSSR count). The van der Waals surface area contributed by atoms with Crippen LogP contribution in [0.2, 0.25) is 0 Å². The zero-order valence-electron chi connectivity index (χ0n) is 15.3. The molecule has 14 heteroatoms. The minimum absolute atomic E-state index is 0.0578. The highest BCUT2D eigenvalue weighted by Crippen LogP contribution is 2.09. The van der Waals surface area contributed by atoms with Crippen molar-refractivity contribution in [2.24, 2.45) is 0 Å². The van der Waals surface area contributed by atoms with Gasteiger partial charge in [-0.2, -0.15) is 0 Å². The van der Waals surface area contributed by atoms with Crippen molar-refractivity contribution in [3.8, 4) is 11.5 Å². The lowest BCUT2D eigenvalue weighted by Gasteiger charge is -2.16. The lowest BCUT2D eigenvalue weighted by molar-refractivity contribution is 0.248. The maximum absolute atomic E-state index is 9.48. The Balaban J connectivity index is 2.00. The maximum Gasteiger partial charge on any atom is 0.491 e. The Kier molecular flexibility index (Phi) is 8.56. The van der Waals surface area contributed by atoms with Crippen LogP contribution < -0.4 is 31.3 Å². The van der Waals surface area contributed by atoms with Crippen molar-refractivity contribution in [2.45, 2.75) is 6.42 Å². The molecule has 0 saturated carbocycles. The molecule has 2 aromatic rings. The van der Waals surface area contributed by atoms with Crippen LogP contribution in [0, 0.1) is 0 Å². The predicted octanol–water partition coefficient (Wildman–Crippen LogP) is -5.75. The number of benzene rings is 2. The summed E-state index contributed by atoms with van der Waals surface area (Å²) >= 11 is 0. The van der Waals surface area contributed by atoms with E-state index in [0.29, 0.717) is 6.42 Å². The summed E-state index contributed by atoms with van der Waals surface area (Å²) in [5.41, 5.74) is -0.540. The second kappa shape index (κ2) is 10.7. The zero-order chi connectivity index (χ0) is 21.6. The molecule has 0 heterocycles. The van der Waals surface area contributed by atoms with Crippen molar-refractivity contribution in [1.82, 2.24) is 0 Å². The van der Waals surface area contributed by atoms with Gasteiger partial charge in [0, 0.05) is 17.3 Å². The first kappa shape index (κ1) is 23.3. The van der Waals surface area contributed by atoms with Crippen LogP contribution in [0.5, 0.6) is 11.5 Å². The van der Waals surface area contributed by atoms with E-state index in [2.05, 4.69) is 0 Å². The summed E-state index contributed by atoms with van der Waals surface area (Å²) in [6.07, 6.45) is 0.291. The van der Waals surface area contributed by atoms with Gasteiger partial charge in [0.2, 0.25) is 0 Å². The lowest BCUT2D eigenvalue weighted by Crippen LogP contribution is -2.50. The van der Waals surface area contributed by atoms with Gasteiger partial charge in [0.05, 0.1) is 13.2 Å². The molecule has 0 aromatic heterocycles. The van der Waals surface area contributed by atoms with Crippen LogP contribution in [0.15, 0.2) is 36.4 Å². The highest BCUT2D eigenvalue weighted by atomic mass is 16.5. The molecule has 0 aliphatic rings. The summed E-state index contributed by atoms with van der Waals surface area (Å²) in [5, 5.41) is 75.2. The molecule has 0 aliphatic carbocycles. The van der Waals surface area contributed by atoms with Crippen molar-refractivity contribution in [3.05, 3.63) is 36.4 Å².